The summed E-state index contributed by atoms with van der Waals surface area (Å²) in [7, 11) is -3.38. The van der Waals surface area contributed by atoms with Crippen molar-refractivity contribution in [1.29, 1.82) is 0 Å². The van der Waals surface area contributed by atoms with Crippen molar-refractivity contribution in [2.75, 3.05) is 31.9 Å². The average Bonchev–Trinajstić information content (AvgIpc) is 3.24. The highest BCUT2D eigenvalue weighted by molar-refractivity contribution is 7.89. The smallest absolute Gasteiger partial charge is 0.257 e. The van der Waals surface area contributed by atoms with Gasteiger partial charge < -0.3 is 4.90 Å². The quantitative estimate of drug-likeness (QED) is 0.706. The second-order valence-electron chi connectivity index (χ2n) is 7.29. The van der Waals surface area contributed by atoms with Crippen molar-refractivity contribution in [3.8, 4) is 0 Å². The molecule has 3 rings (SSSR count). The minimum absolute atomic E-state index is 0.0588. The van der Waals surface area contributed by atoms with E-state index in [4.69, 9.17) is 0 Å². The van der Waals surface area contributed by atoms with E-state index in [1.165, 1.54) is 0 Å². The molecule has 0 spiro atoms. The van der Waals surface area contributed by atoms with Gasteiger partial charge in [0.05, 0.1) is 23.2 Å². The molecular formula is C20H29N5O3S. The molecule has 3 heterocycles. The second kappa shape index (κ2) is 9.49. The molecule has 1 aliphatic heterocycles. The molecule has 1 saturated heterocycles. The number of carbonyl (C=O) groups is 1. The molecule has 9 heteroatoms. The SMILES string of the molecule is CCN(CC)C(=O)c1cn[nH]c1[C@@H]1CCCN(S(=O)(=O)CCc2ccncc2)C1. The highest BCUT2D eigenvalue weighted by atomic mass is 32.2. The Morgan fingerprint density at radius 2 is 2.00 bits per heavy atom. The Balaban J connectivity index is 1.71. The van der Waals surface area contributed by atoms with E-state index in [0.29, 0.717) is 38.2 Å². The van der Waals surface area contributed by atoms with Crippen LogP contribution in [0.1, 0.15) is 54.2 Å². The van der Waals surface area contributed by atoms with Gasteiger partial charge in [-0.25, -0.2) is 12.7 Å². The van der Waals surface area contributed by atoms with Crippen LogP contribution in [-0.4, -0.2) is 70.6 Å². The van der Waals surface area contributed by atoms with Crippen molar-refractivity contribution in [2.45, 2.75) is 39.0 Å². The Morgan fingerprint density at radius 3 is 2.69 bits per heavy atom. The third-order valence-electron chi connectivity index (χ3n) is 5.53. The number of pyridine rings is 1. The number of amides is 1. The number of aromatic nitrogens is 3. The number of sulfonamides is 1. The number of aromatic amines is 1. The predicted molar refractivity (Wildman–Crippen MR) is 111 cm³/mol. The number of carbonyl (C=O) groups excluding carboxylic acids is 1. The molecule has 0 radical (unpaired) electrons. The van der Waals surface area contributed by atoms with E-state index in [1.807, 2.05) is 26.0 Å². The lowest BCUT2D eigenvalue weighted by Gasteiger charge is -2.32. The highest BCUT2D eigenvalue weighted by Crippen LogP contribution is 2.30. The maximum Gasteiger partial charge on any atom is 0.257 e. The molecule has 8 nitrogen and oxygen atoms in total. The van der Waals surface area contributed by atoms with Crippen LogP contribution in [0.25, 0.3) is 0 Å². The maximum absolute atomic E-state index is 12.9. The zero-order valence-corrected chi connectivity index (χ0v) is 17.9. The van der Waals surface area contributed by atoms with Crippen molar-refractivity contribution in [3.05, 3.63) is 47.5 Å². The third-order valence-corrected chi connectivity index (χ3v) is 7.37. The van der Waals surface area contributed by atoms with Gasteiger partial charge in [-0.05, 0) is 50.8 Å². The van der Waals surface area contributed by atoms with Crippen LogP contribution < -0.4 is 0 Å². The molecule has 2 aromatic rings. The number of H-pyrrole nitrogens is 1. The summed E-state index contributed by atoms with van der Waals surface area (Å²) in [6.45, 7) is 6.03. The van der Waals surface area contributed by atoms with Gasteiger partial charge >= 0.3 is 0 Å². The molecule has 1 N–H and O–H groups in total. The molecule has 158 valence electrons. The average molecular weight is 420 g/mol. The minimum atomic E-state index is -3.38. The number of aryl methyl sites for hydroxylation is 1. The fourth-order valence-corrected chi connectivity index (χ4v) is 5.38. The lowest BCUT2D eigenvalue weighted by atomic mass is 9.93. The lowest BCUT2D eigenvalue weighted by Crippen LogP contribution is -2.41. The number of nitrogens with zero attached hydrogens (tertiary/aromatic N) is 4. The Morgan fingerprint density at radius 1 is 1.28 bits per heavy atom. The number of piperidine rings is 1. The van der Waals surface area contributed by atoms with Gasteiger partial charge in [0, 0.05) is 44.5 Å². The summed E-state index contributed by atoms with van der Waals surface area (Å²) in [6, 6.07) is 3.68. The fraction of sp³-hybridized carbons (Fsp3) is 0.550. The Hall–Kier alpha value is -2.26. The molecule has 0 saturated carbocycles. The van der Waals surface area contributed by atoms with Gasteiger partial charge in [0.1, 0.15) is 0 Å². The molecule has 0 aromatic carbocycles. The fourth-order valence-electron chi connectivity index (χ4n) is 3.82. The van der Waals surface area contributed by atoms with Gasteiger partial charge in [0.15, 0.2) is 0 Å². The van der Waals surface area contributed by atoms with Crippen molar-refractivity contribution in [1.82, 2.24) is 24.4 Å². The van der Waals surface area contributed by atoms with Crippen LogP contribution in [0.2, 0.25) is 0 Å². The summed E-state index contributed by atoms with van der Waals surface area (Å²) >= 11 is 0. The van der Waals surface area contributed by atoms with Gasteiger partial charge in [-0.2, -0.15) is 5.10 Å². The van der Waals surface area contributed by atoms with Crippen LogP contribution in [-0.2, 0) is 16.4 Å². The van der Waals surface area contributed by atoms with Gasteiger partial charge in [-0.1, -0.05) is 0 Å². The molecule has 1 aliphatic rings. The first kappa shape index (κ1) is 21.4. The number of hydrogen-bond donors (Lipinski definition) is 1. The maximum atomic E-state index is 12.9. The van der Waals surface area contributed by atoms with E-state index in [2.05, 4.69) is 15.2 Å². The second-order valence-corrected chi connectivity index (χ2v) is 9.38. The van der Waals surface area contributed by atoms with Crippen molar-refractivity contribution < 1.29 is 13.2 Å². The van der Waals surface area contributed by atoms with E-state index >= 15 is 0 Å². The Bertz CT molecular complexity index is 909. The first-order chi connectivity index (χ1) is 14.0. The summed E-state index contributed by atoms with van der Waals surface area (Å²) in [5, 5.41) is 7.05. The Labute approximate surface area is 172 Å². The van der Waals surface area contributed by atoms with E-state index < -0.39 is 10.0 Å². The first-order valence-corrected chi connectivity index (χ1v) is 11.8. The minimum Gasteiger partial charge on any atom is -0.339 e. The van der Waals surface area contributed by atoms with Crippen LogP contribution in [0.3, 0.4) is 0 Å². The van der Waals surface area contributed by atoms with Gasteiger partial charge in [-0.15, -0.1) is 0 Å². The molecule has 0 bridgehead atoms. The topological polar surface area (TPSA) is 99.3 Å². The molecule has 1 fully saturated rings. The summed E-state index contributed by atoms with van der Waals surface area (Å²) in [4.78, 5) is 18.5. The zero-order chi connectivity index (χ0) is 20.9. The van der Waals surface area contributed by atoms with Crippen molar-refractivity contribution >= 4 is 15.9 Å². The van der Waals surface area contributed by atoms with E-state index in [9.17, 15) is 13.2 Å². The van der Waals surface area contributed by atoms with Crippen molar-refractivity contribution in [3.63, 3.8) is 0 Å². The zero-order valence-electron chi connectivity index (χ0n) is 17.0. The summed E-state index contributed by atoms with van der Waals surface area (Å²) in [5.41, 5.74) is 2.25. The van der Waals surface area contributed by atoms with Gasteiger partial charge in [0.2, 0.25) is 10.0 Å². The lowest BCUT2D eigenvalue weighted by molar-refractivity contribution is 0.0771. The van der Waals surface area contributed by atoms with Crippen LogP contribution in [0.5, 0.6) is 0 Å². The summed E-state index contributed by atoms with van der Waals surface area (Å²) < 4.78 is 27.4. The molecule has 1 amide bonds. The molecule has 2 aromatic heterocycles. The normalized spacial score (nSPS) is 17.9. The molecular weight excluding hydrogens is 390 g/mol. The molecule has 0 unspecified atom stereocenters. The summed E-state index contributed by atoms with van der Waals surface area (Å²) in [5.74, 6) is -0.0503. The monoisotopic (exact) mass is 419 g/mol. The van der Waals surface area contributed by atoms with Crippen molar-refractivity contribution in [2.24, 2.45) is 0 Å². The number of hydrogen-bond acceptors (Lipinski definition) is 5. The van der Waals surface area contributed by atoms with Gasteiger partial charge in [-0.3, -0.25) is 14.9 Å². The van der Waals surface area contributed by atoms with E-state index in [-0.39, 0.29) is 17.6 Å². The van der Waals surface area contributed by atoms with E-state index in [1.54, 1.807) is 27.8 Å². The number of nitrogens with one attached hydrogen (secondary N) is 1. The molecule has 0 aliphatic carbocycles. The summed E-state index contributed by atoms with van der Waals surface area (Å²) in [6.07, 6.45) is 6.96. The Kier molecular flexibility index (Phi) is 7.02. The van der Waals surface area contributed by atoms with E-state index in [0.717, 1.165) is 24.1 Å². The third kappa shape index (κ3) is 5.02. The highest BCUT2D eigenvalue weighted by Gasteiger charge is 2.32. The van der Waals surface area contributed by atoms with Crippen LogP contribution >= 0.6 is 0 Å². The van der Waals surface area contributed by atoms with Crippen LogP contribution in [0, 0.1) is 0 Å². The standard InChI is InChI=1S/C20H29N5O3S/c1-3-24(4-2)20(26)18-14-22-23-19(18)17-6-5-12-25(15-17)29(27,28)13-9-16-7-10-21-11-8-16/h7-8,10-11,14,17H,3-6,9,12-13,15H2,1-2H3,(H,22,23)/t17-/m1/s1. The molecule has 29 heavy (non-hydrogen) atoms. The predicted octanol–water partition coefficient (Wildman–Crippen LogP) is 2.04. The molecule has 1 atom stereocenters. The van der Waals surface area contributed by atoms with Crippen LogP contribution in [0.4, 0.5) is 0 Å². The first-order valence-electron chi connectivity index (χ1n) is 10.2. The largest absolute Gasteiger partial charge is 0.339 e. The van der Waals surface area contributed by atoms with Crippen LogP contribution in [0.15, 0.2) is 30.7 Å². The number of rotatable bonds is 8. The van der Waals surface area contributed by atoms with Gasteiger partial charge in [0.25, 0.3) is 5.91 Å².